The van der Waals surface area contributed by atoms with Gasteiger partial charge in [-0.3, -0.25) is 4.79 Å². The summed E-state index contributed by atoms with van der Waals surface area (Å²) < 4.78 is 26.3. The molecule has 0 heterocycles. The normalized spacial score (nSPS) is 11.4. The molecule has 100 valence electrons. The first-order chi connectivity index (χ1) is 8.34. The number of anilines is 1. The Balaban J connectivity index is 2.75. The Morgan fingerprint density at radius 1 is 1.39 bits per heavy atom. The van der Waals surface area contributed by atoms with Gasteiger partial charge in [0.25, 0.3) is 0 Å². The summed E-state index contributed by atoms with van der Waals surface area (Å²) in [5.41, 5.74) is 11.6. The van der Waals surface area contributed by atoms with Crippen molar-refractivity contribution in [3.63, 3.8) is 0 Å². The zero-order valence-corrected chi connectivity index (χ0v) is 11.0. The van der Waals surface area contributed by atoms with Crippen molar-refractivity contribution in [2.24, 2.45) is 5.73 Å². The van der Waals surface area contributed by atoms with Gasteiger partial charge in [-0.05, 0) is 31.0 Å². The molecule has 0 aliphatic carbocycles. The fraction of sp³-hybridized carbons (Fsp3) is 0.364. The molecule has 0 radical (unpaired) electrons. The number of hydrogen-bond acceptors (Lipinski definition) is 4. The SMILES string of the molecule is Cc1c(N)cccc1S(=O)(=O)NCCCC(N)=O. The lowest BCUT2D eigenvalue weighted by Crippen LogP contribution is -2.26. The fourth-order valence-corrected chi connectivity index (χ4v) is 2.82. The summed E-state index contributed by atoms with van der Waals surface area (Å²) in [6.45, 7) is 1.81. The van der Waals surface area contributed by atoms with Crippen LogP contribution in [0.4, 0.5) is 5.69 Å². The number of amides is 1. The Morgan fingerprint density at radius 2 is 2.06 bits per heavy atom. The molecule has 0 unspecified atom stereocenters. The van der Waals surface area contributed by atoms with Gasteiger partial charge in [-0.2, -0.15) is 0 Å². The minimum atomic E-state index is -3.59. The van der Waals surface area contributed by atoms with E-state index in [1.165, 1.54) is 6.07 Å². The lowest BCUT2D eigenvalue weighted by molar-refractivity contribution is -0.118. The zero-order valence-electron chi connectivity index (χ0n) is 10.1. The molecule has 0 aliphatic heterocycles. The molecule has 0 atom stereocenters. The third-order valence-corrected chi connectivity index (χ3v) is 4.11. The highest BCUT2D eigenvalue weighted by Crippen LogP contribution is 2.19. The predicted octanol–water partition coefficient (Wildman–Crippen LogP) is 0.121. The van der Waals surface area contributed by atoms with Crippen molar-refractivity contribution in [3.8, 4) is 0 Å². The van der Waals surface area contributed by atoms with Gasteiger partial charge >= 0.3 is 0 Å². The third-order valence-electron chi connectivity index (χ3n) is 2.51. The molecule has 7 heteroatoms. The molecular formula is C11H17N3O3S. The molecule has 1 amide bonds. The van der Waals surface area contributed by atoms with Gasteiger partial charge in [0.15, 0.2) is 0 Å². The van der Waals surface area contributed by atoms with Crippen molar-refractivity contribution < 1.29 is 13.2 Å². The quantitative estimate of drug-likeness (QED) is 0.503. The number of nitrogen functional groups attached to an aromatic ring is 1. The second-order valence-corrected chi connectivity index (χ2v) is 5.67. The molecular weight excluding hydrogens is 254 g/mol. The maximum absolute atomic E-state index is 12.0. The van der Waals surface area contributed by atoms with Crippen LogP contribution < -0.4 is 16.2 Å². The third kappa shape index (κ3) is 3.71. The smallest absolute Gasteiger partial charge is 0.240 e. The largest absolute Gasteiger partial charge is 0.398 e. The number of sulfonamides is 1. The van der Waals surface area contributed by atoms with E-state index < -0.39 is 15.9 Å². The average Bonchev–Trinajstić information content (AvgIpc) is 2.28. The van der Waals surface area contributed by atoms with Crippen molar-refractivity contribution in [2.75, 3.05) is 12.3 Å². The first-order valence-electron chi connectivity index (χ1n) is 5.47. The number of benzene rings is 1. The number of primary amides is 1. The standard InChI is InChI=1S/C11H17N3O3S/c1-8-9(12)4-2-5-10(8)18(16,17)14-7-3-6-11(13)15/h2,4-5,14H,3,6-7,12H2,1H3,(H2,13,15). The maximum atomic E-state index is 12.0. The van der Waals surface area contributed by atoms with Gasteiger partial charge in [-0.15, -0.1) is 0 Å². The van der Waals surface area contributed by atoms with Gasteiger partial charge < -0.3 is 11.5 Å². The van der Waals surface area contributed by atoms with Gasteiger partial charge in [0, 0.05) is 18.7 Å². The Morgan fingerprint density at radius 3 is 2.67 bits per heavy atom. The predicted molar refractivity (Wildman–Crippen MR) is 69.2 cm³/mol. The number of nitrogens with one attached hydrogen (secondary N) is 1. The molecule has 1 rings (SSSR count). The van der Waals surface area contributed by atoms with E-state index in [0.717, 1.165) is 0 Å². The summed E-state index contributed by atoms with van der Waals surface area (Å²) in [5.74, 6) is -0.450. The highest BCUT2D eigenvalue weighted by molar-refractivity contribution is 7.89. The molecule has 0 saturated heterocycles. The Labute approximate surface area is 106 Å². The molecule has 1 aromatic rings. The summed E-state index contributed by atoms with van der Waals surface area (Å²) >= 11 is 0. The van der Waals surface area contributed by atoms with Crippen molar-refractivity contribution in [1.82, 2.24) is 4.72 Å². The Kier molecular flexibility index (Phi) is 4.69. The van der Waals surface area contributed by atoms with Crippen LogP contribution in [0, 0.1) is 6.92 Å². The van der Waals surface area contributed by atoms with Crippen LogP contribution in [-0.4, -0.2) is 20.9 Å². The minimum absolute atomic E-state index is 0.151. The van der Waals surface area contributed by atoms with E-state index in [2.05, 4.69) is 4.72 Å². The fourth-order valence-electron chi connectivity index (χ4n) is 1.47. The molecule has 1 aromatic carbocycles. The number of nitrogens with two attached hydrogens (primary N) is 2. The minimum Gasteiger partial charge on any atom is -0.398 e. The molecule has 0 aliphatic rings. The summed E-state index contributed by atoms with van der Waals surface area (Å²) in [6, 6.07) is 4.71. The van der Waals surface area contributed by atoms with E-state index in [1.54, 1.807) is 19.1 Å². The van der Waals surface area contributed by atoms with E-state index in [0.29, 0.717) is 17.7 Å². The first kappa shape index (κ1) is 14.5. The molecule has 18 heavy (non-hydrogen) atoms. The van der Waals surface area contributed by atoms with E-state index >= 15 is 0 Å². The van der Waals surface area contributed by atoms with Crippen LogP contribution in [0.5, 0.6) is 0 Å². The van der Waals surface area contributed by atoms with Gasteiger partial charge in [-0.25, -0.2) is 13.1 Å². The molecule has 0 aromatic heterocycles. The Hall–Kier alpha value is -1.60. The van der Waals surface area contributed by atoms with Crippen molar-refractivity contribution in [3.05, 3.63) is 23.8 Å². The highest BCUT2D eigenvalue weighted by Gasteiger charge is 2.16. The van der Waals surface area contributed by atoms with Gasteiger partial charge in [0.05, 0.1) is 4.90 Å². The maximum Gasteiger partial charge on any atom is 0.240 e. The van der Waals surface area contributed by atoms with E-state index in [1.807, 2.05) is 0 Å². The second kappa shape index (κ2) is 5.83. The van der Waals surface area contributed by atoms with Crippen LogP contribution in [0.1, 0.15) is 18.4 Å². The topological polar surface area (TPSA) is 115 Å². The van der Waals surface area contributed by atoms with Crippen LogP contribution in [0.3, 0.4) is 0 Å². The van der Waals surface area contributed by atoms with Crippen LogP contribution in [0.15, 0.2) is 23.1 Å². The van der Waals surface area contributed by atoms with Crippen LogP contribution in [0.2, 0.25) is 0 Å². The molecule has 5 N–H and O–H groups in total. The monoisotopic (exact) mass is 271 g/mol. The molecule has 0 spiro atoms. The second-order valence-electron chi connectivity index (χ2n) is 3.94. The Bertz CT molecular complexity index is 540. The zero-order chi connectivity index (χ0) is 13.8. The van der Waals surface area contributed by atoms with E-state index in [9.17, 15) is 13.2 Å². The van der Waals surface area contributed by atoms with Crippen LogP contribution in [0.25, 0.3) is 0 Å². The van der Waals surface area contributed by atoms with Gasteiger partial charge in [0.2, 0.25) is 15.9 Å². The molecule has 0 saturated carbocycles. The van der Waals surface area contributed by atoms with E-state index in [4.69, 9.17) is 11.5 Å². The molecule has 0 bridgehead atoms. The number of hydrogen-bond donors (Lipinski definition) is 3. The average molecular weight is 271 g/mol. The van der Waals surface area contributed by atoms with Gasteiger partial charge in [-0.1, -0.05) is 6.07 Å². The summed E-state index contributed by atoms with van der Waals surface area (Å²) in [5, 5.41) is 0. The first-order valence-corrected chi connectivity index (χ1v) is 6.96. The van der Waals surface area contributed by atoms with Gasteiger partial charge in [0.1, 0.15) is 0 Å². The lowest BCUT2D eigenvalue weighted by atomic mass is 10.2. The molecule has 6 nitrogen and oxygen atoms in total. The number of carbonyl (C=O) groups is 1. The summed E-state index contributed by atoms with van der Waals surface area (Å²) in [6.07, 6.45) is 0.522. The summed E-state index contributed by atoms with van der Waals surface area (Å²) in [7, 11) is -3.59. The lowest BCUT2D eigenvalue weighted by Gasteiger charge is -2.10. The van der Waals surface area contributed by atoms with Crippen molar-refractivity contribution >= 4 is 21.6 Å². The van der Waals surface area contributed by atoms with Crippen LogP contribution >= 0.6 is 0 Å². The summed E-state index contributed by atoms with van der Waals surface area (Å²) in [4.78, 5) is 10.7. The van der Waals surface area contributed by atoms with Crippen molar-refractivity contribution in [1.29, 1.82) is 0 Å². The van der Waals surface area contributed by atoms with Crippen molar-refractivity contribution in [2.45, 2.75) is 24.7 Å². The van der Waals surface area contributed by atoms with E-state index in [-0.39, 0.29) is 17.9 Å². The molecule has 0 fully saturated rings. The number of rotatable bonds is 6. The highest BCUT2D eigenvalue weighted by atomic mass is 32.2. The van der Waals surface area contributed by atoms with Crippen LogP contribution in [-0.2, 0) is 14.8 Å². The number of carbonyl (C=O) groups excluding carboxylic acids is 1.